The molecule has 0 bridgehead atoms. The van der Waals surface area contributed by atoms with Crippen molar-refractivity contribution in [1.82, 2.24) is 4.31 Å². The lowest BCUT2D eigenvalue weighted by molar-refractivity contribution is -0.114. The fraction of sp³-hybridized carbons (Fsp3) is 0.588. The summed E-state index contributed by atoms with van der Waals surface area (Å²) >= 11 is 0. The van der Waals surface area contributed by atoms with Gasteiger partial charge in [-0.3, -0.25) is 4.79 Å². The standard InChI is InChI=1S/C17H24N2O8S3/c1-12(20)18-16-9-15(3-4-17(16)27-2)30(25,26)19(13-5-7-28(21,22)10-13)14-6-8-29(23,24)11-14/h3-4,9,13-14H,5-8,10-11H2,1-2H3,(H,18,20)/t13-,14-/m1/s1. The molecule has 2 aliphatic heterocycles. The third kappa shape index (κ3) is 4.79. The second kappa shape index (κ2) is 8.09. The van der Waals surface area contributed by atoms with E-state index in [2.05, 4.69) is 5.32 Å². The van der Waals surface area contributed by atoms with Gasteiger partial charge in [0.2, 0.25) is 15.9 Å². The van der Waals surface area contributed by atoms with Crippen LogP contribution in [0.15, 0.2) is 23.1 Å². The Morgan fingerprint density at radius 1 is 1.07 bits per heavy atom. The van der Waals surface area contributed by atoms with Gasteiger partial charge in [0, 0.05) is 19.0 Å². The molecule has 1 aromatic carbocycles. The second-order valence-electron chi connectivity index (χ2n) is 7.49. The van der Waals surface area contributed by atoms with Crippen LogP contribution < -0.4 is 10.1 Å². The van der Waals surface area contributed by atoms with Gasteiger partial charge < -0.3 is 10.1 Å². The topological polar surface area (TPSA) is 144 Å². The van der Waals surface area contributed by atoms with Crippen LogP contribution in [0, 0.1) is 0 Å². The maximum Gasteiger partial charge on any atom is 0.243 e. The number of hydrogen-bond donors (Lipinski definition) is 1. The zero-order valence-corrected chi connectivity index (χ0v) is 19.0. The van der Waals surface area contributed by atoms with Crippen molar-refractivity contribution in [2.24, 2.45) is 0 Å². The van der Waals surface area contributed by atoms with Crippen molar-refractivity contribution in [3.05, 3.63) is 18.2 Å². The molecule has 0 unspecified atom stereocenters. The first kappa shape index (κ1) is 23.0. The molecule has 0 aromatic heterocycles. The van der Waals surface area contributed by atoms with E-state index in [4.69, 9.17) is 4.74 Å². The Bertz CT molecular complexity index is 1120. The van der Waals surface area contributed by atoms with Gasteiger partial charge in [-0.2, -0.15) is 4.31 Å². The highest BCUT2D eigenvalue weighted by atomic mass is 32.2. The van der Waals surface area contributed by atoms with Crippen molar-refractivity contribution in [1.29, 1.82) is 0 Å². The van der Waals surface area contributed by atoms with E-state index >= 15 is 0 Å². The van der Waals surface area contributed by atoms with Crippen LogP contribution in [0.25, 0.3) is 0 Å². The Hall–Kier alpha value is -1.70. The first-order chi connectivity index (χ1) is 13.8. The lowest BCUT2D eigenvalue weighted by Crippen LogP contribution is -2.48. The molecule has 1 aromatic rings. The van der Waals surface area contributed by atoms with Crippen molar-refractivity contribution >= 4 is 41.3 Å². The predicted molar refractivity (Wildman–Crippen MR) is 110 cm³/mol. The number of nitrogens with zero attached hydrogens (tertiary/aromatic N) is 1. The van der Waals surface area contributed by atoms with Crippen LogP contribution in [0.4, 0.5) is 5.69 Å². The molecule has 168 valence electrons. The van der Waals surface area contributed by atoms with Crippen LogP contribution in [0.1, 0.15) is 19.8 Å². The number of anilines is 1. The third-order valence-corrected chi connectivity index (χ3v) is 10.7. The number of amides is 1. The Balaban J connectivity index is 2.07. The first-order valence-electron chi connectivity index (χ1n) is 9.25. The van der Waals surface area contributed by atoms with Gasteiger partial charge in [-0.05, 0) is 31.0 Å². The molecule has 0 spiro atoms. The van der Waals surface area contributed by atoms with Crippen LogP contribution in [0.3, 0.4) is 0 Å². The van der Waals surface area contributed by atoms with Gasteiger partial charge in [0.15, 0.2) is 19.7 Å². The number of methoxy groups -OCH3 is 1. The summed E-state index contributed by atoms with van der Waals surface area (Å²) in [6, 6.07) is 2.22. The van der Waals surface area contributed by atoms with Crippen molar-refractivity contribution in [2.45, 2.75) is 36.7 Å². The number of hydrogen-bond acceptors (Lipinski definition) is 8. The number of nitrogens with one attached hydrogen (secondary N) is 1. The molecule has 2 atom stereocenters. The molecule has 13 heteroatoms. The van der Waals surface area contributed by atoms with Gasteiger partial charge in [0.25, 0.3) is 0 Å². The number of carbonyl (C=O) groups excluding carboxylic acids is 1. The quantitative estimate of drug-likeness (QED) is 0.600. The zero-order chi connectivity index (χ0) is 22.3. The monoisotopic (exact) mass is 480 g/mol. The largest absolute Gasteiger partial charge is 0.495 e. The fourth-order valence-electron chi connectivity index (χ4n) is 3.90. The maximum atomic E-state index is 13.5. The van der Waals surface area contributed by atoms with E-state index in [1.54, 1.807) is 0 Å². The minimum atomic E-state index is -4.25. The highest BCUT2D eigenvalue weighted by molar-refractivity contribution is 7.92. The van der Waals surface area contributed by atoms with Gasteiger partial charge in [-0.15, -0.1) is 0 Å². The van der Waals surface area contributed by atoms with Gasteiger partial charge in [0.1, 0.15) is 5.75 Å². The van der Waals surface area contributed by atoms with Crippen LogP contribution in [-0.4, -0.2) is 77.7 Å². The average molecular weight is 481 g/mol. The Morgan fingerprint density at radius 2 is 1.60 bits per heavy atom. The second-order valence-corrected chi connectivity index (χ2v) is 13.8. The molecule has 2 heterocycles. The minimum absolute atomic E-state index is 0.104. The van der Waals surface area contributed by atoms with Crippen LogP contribution in [0.5, 0.6) is 5.75 Å². The van der Waals surface area contributed by atoms with Crippen molar-refractivity contribution in [2.75, 3.05) is 35.4 Å². The van der Waals surface area contributed by atoms with E-state index in [0.717, 1.165) is 4.31 Å². The average Bonchev–Trinajstić information content (AvgIpc) is 3.15. The van der Waals surface area contributed by atoms with E-state index in [1.165, 1.54) is 32.2 Å². The maximum absolute atomic E-state index is 13.5. The summed E-state index contributed by atoms with van der Waals surface area (Å²) in [5.41, 5.74) is 0.143. The Morgan fingerprint density at radius 3 is 2.00 bits per heavy atom. The van der Waals surface area contributed by atoms with Crippen LogP contribution in [-0.2, 0) is 34.5 Å². The highest BCUT2D eigenvalue weighted by Gasteiger charge is 2.46. The molecule has 10 nitrogen and oxygen atoms in total. The number of sulfonamides is 1. The van der Waals surface area contributed by atoms with Gasteiger partial charge in [-0.25, -0.2) is 25.3 Å². The van der Waals surface area contributed by atoms with Crippen molar-refractivity contribution < 1.29 is 34.8 Å². The van der Waals surface area contributed by atoms with E-state index < -0.39 is 47.7 Å². The van der Waals surface area contributed by atoms with E-state index in [-0.39, 0.29) is 52.2 Å². The number of ether oxygens (including phenoxy) is 1. The van der Waals surface area contributed by atoms with Crippen molar-refractivity contribution in [3.63, 3.8) is 0 Å². The fourth-order valence-corrected chi connectivity index (χ4v) is 9.41. The van der Waals surface area contributed by atoms with Gasteiger partial charge >= 0.3 is 0 Å². The predicted octanol–water partition coefficient (Wildman–Crippen LogP) is 0.0185. The van der Waals surface area contributed by atoms with E-state index in [1.807, 2.05) is 0 Å². The Labute approximate surface area is 176 Å². The molecule has 1 amide bonds. The summed E-state index contributed by atoms with van der Waals surface area (Å²) in [7, 11) is -9.70. The molecule has 2 saturated heterocycles. The molecular formula is C17H24N2O8S3. The molecule has 1 N–H and O–H groups in total. The van der Waals surface area contributed by atoms with E-state index in [0.29, 0.717) is 0 Å². The Kier molecular flexibility index (Phi) is 6.20. The summed E-state index contributed by atoms with van der Waals surface area (Å²) < 4.78 is 81.3. The lowest BCUT2D eigenvalue weighted by atomic mass is 10.2. The van der Waals surface area contributed by atoms with Crippen LogP contribution >= 0.6 is 0 Å². The summed E-state index contributed by atoms with van der Waals surface area (Å²) in [4.78, 5) is 11.3. The first-order valence-corrected chi connectivity index (χ1v) is 14.3. The number of benzene rings is 1. The molecule has 0 saturated carbocycles. The zero-order valence-electron chi connectivity index (χ0n) is 16.6. The van der Waals surface area contributed by atoms with E-state index in [9.17, 15) is 30.0 Å². The summed E-state index contributed by atoms with van der Waals surface area (Å²) in [6.07, 6.45) is 0.208. The lowest BCUT2D eigenvalue weighted by Gasteiger charge is -2.32. The molecule has 30 heavy (non-hydrogen) atoms. The molecule has 2 aliphatic rings. The molecule has 0 aliphatic carbocycles. The summed E-state index contributed by atoms with van der Waals surface area (Å²) in [5, 5.41) is 2.50. The van der Waals surface area contributed by atoms with Crippen LogP contribution in [0.2, 0.25) is 0 Å². The van der Waals surface area contributed by atoms with Crippen molar-refractivity contribution in [3.8, 4) is 5.75 Å². The van der Waals surface area contributed by atoms with Gasteiger partial charge in [-0.1, -0.05) is 0 Å². The smallest absolute Gasteiger partial charge is 0.243 e. The summed E-state index contributed by atoms with van der Waals surface area (Å²) in [5.74, 6) is -1.17. The molecular weight excluding hydrogens is 456 g/mol. The minimum Gasteiger partial charge on any atom is -0.495 e. The third-order valence-electron chi connectivity index (χ3n) is 5.19. The molecule has 2 fully saturated rings. The SMILES string of the molecule is COc1ccc(S(=O)(=O)N([C@@H]2CCS(=O)(=O)C2)[C@@H]2CCS(=O)(=O)C2)cc1NC(C)=O. The number of rotatable bonds is 6. The van der Waals surface area contributed by atoms with Gasteiger partial charge in [0.05, 0.1) is 40.7 Å². The molecule has 3 rings (SSSR count). The number of carbonyl (C=O) groups is 1. The number of sulfone groups is 2. The summed E-state index contributed by atoms with van der Waals surface area (Å²) in [6.45, 7) is 1.26. The highest BCUT2D eigenvalue weighted by Crippen LogP contribution is 2.34. The molecule has 0 radical (unpaired) electrons. The normalized spacial score (nSPS) is 25.3.